The minimum Gasteiger partial charge on any atom is -0.352 e. The molecule has 1 amide bonds. The molecule has 1 aliphatic rings. The number of carbonyl (C=O) groups is 1. The first-order valence-corrected chi connectivity index (χ1v) is 9.69. The summed E-state index contributed by atoms with van der Waals surface area (Å²) in [5.41, 5.74) is 0.721. The van der Waals surface area contributed by atoms with Crippen LogP contribution in [0.4, 0.5) is 17.6 Å². The summed E-state index contributed by atoms with van der Waals surface area (Å²) >= 11 is 0. The second kappa shape index (κ2) is 8.95. The summed E-state index contributed by atoms with van der Waals surface area (Å²) in [7, 11) is 1.91. The molecule has 0 radical (unpaired) electrons. The van der Waals surface area contributed by atoms with Gasteiger partial charge in [-0.1, -0.05) is 18.2 Å². The van der Waals surface area contributed by atoms with Gasteiger partial charge in [0.25, 0.3) is 0 Å². The van der Waals surface area contributed by atoms with Crippen LogP contribution in [0.2, 0.25) is 0 Å². The van der Waals surface area contributed by atoms with Crippen molar-refractivity contribution < 1.29 is 22.4 Å². The van der Waals surface area contributed by atoms with Gasteiger partial charge in [-0.05, 0) is 68.1 Å². The fraction of sp³-hybridized carbons (Fsp3) is 0.409. The van der Waals surface area contributed by atoms with E-state index in [9.17, 15) is 22.4 Å². The van der Waals surface area contributed by atoms with Crippen LogP contribution in [0.1, 0.15) is 36.8 Å². The summed E-state index contributed by atoms with van der Waals surface area (Å²) in [6.07, 6.45) is -0.932. The van der Waals surface area contributed by atoms with Gasteiger partial charge in [-0.15, -0.1) is 0 Å². The Hall–Kier alpha value is -2.41. The highest BCUT2D eigenvalue weighted by Gasteiger charge is 2.30. The summed E-state index contributed by atoms with van der Waals surface area (Å²) < 4.78 is 52.3. The second-order valence-corrected chi connectivity index (χ2v) is 7.44. The molecule has 0 spiro atoms. The SMILES string of the molecule is CNC1CCC(C(=O)NCc2cc(-c3ccc(C(F)(F)F)cc3)ccc2F)CC1. The molecular formula is C22H24F4N2O. The maximum Gasteiger partial charge on any atom is 0.416 e. The third-order valence-corrected chi connectivity index (χ3v) is 5.55. The Morgan fingerprint density at radius 1 is 1.00 bits per heavy atom. The molecule has 1 saturated carbocycles. The van der Waals surface area contributed by atoms with Crippen molar-refractivity contribution in [1.82, 2.24) is 10.6 Å². The minimum absolute atomic E-state index is 0.0467. The zero-order valence-corrected chi connectivity index (χ0v) is 16.2. The van der Waals surface area contributed by atoms with E-state index in [0.717, 1.165) is 37.8 Å². The summed E-state index contributed by atoms with van der Waals surface area (Å²) in [6.45, 7) is 0.0467. The van der Waals surface area contributed by atoms with Crippen LogP contribution in [0.3, 0.4) is 0 Å². The van der Waals surface area contributed by atoms with E-state index in [2.05, 4.69) is 10.6 Å². The third-order valence-electron chi connectivity index (χ3n) is 5.55. The molecule has 0 saturated heterocycles. The van der Waals surface area contributed by atoms with Crippen LogP contribution >= 0.6 is 0 Å². The van der Waals surface area contributed by atoms with Crippen molar-refractivity contribution in [3.63, 3.8) is 0 Å². The molecule has 0 unspecified atom stereocenters. The van der Waals surface area contributed by atoms with E-state index < -0.39 is 17.6 Å². The fourth-order valence-corrected chi connectivity index (χ4v) is 3.71. The zero-order valence-electron chi connectivity index (χ0n) is 16.2. The normalized spacial score (nSPS) is 19.8. The Morgan fingerprint density at radius 3 is 2.21 bits per heavy atom. The van der Waals surface area contributed by atoms with Crippen LogP contribution in [0.15, 0.2) is 42.5 Å². The first-order valence-electron chi connectivity index (χ1n) is 9.69. The van der Waals surface area contributed by atoms with E-state index >= 15 is 0 Å². The molecule has 3 rings (SSSR count). The van der Waals surface area contributed by atoms with Crippen molar-refractivity contribution in [1.29, 1.82) is 0 Å². The van der Waals surface area contributed by atoms with E-state index in [1.807, 2.05) is 7.05 Å². The molecule has 0 heterocycles. The quantitative estimate of drug-likeness (QED) is 0.691. The van der Waals surface area contributed by atoms with Crippen molar-refractivity contribution in [3.05, 3.63) is 59.4 Å². The lowest BCUT2D eigenvalue weighted by molar-refractivity contribution is -0.137. The lowest BCUT2D eigenvalue weighted by Crippen LogP contribution is -2.37. The first kappa shape index (κ1) is 21.3. The van der Waals surface area contributed by atoms with E-state index in [1.54, 1.807) is 6.07 Å². The number of alkyl halides is 3. The fourth-order valence-electron chi connectivity index (χ4n) is 3.71. The van der Waals surface area contributed by atoms with Gasteiger partial charge in [-0.25, -0.2) is 4.39 Å². The standard InChI is InChI=1S/C22H24F4N2O/c1-27-19-9-4-15(5-10-19)21(29)28-13-17-12-16(6-11-20(17)23)14-2-7-18(8-3-14)22(24,25)26/h2-3,6-8,11-12,15,19,27H,4-5,9-10,13H2,1H3,(H,28,29). The van der Waals surface area contributed by atoms with Gasteiger partial charge in [0.1, 0.15) is 5.82 Å². The molecule has 1 fully saturated rings. The number of carbonyl (C=O) groups excluding carboxylic acids is 1. The van der Waals surface area contributed by atoms with E-state index in [-0.39, 0.29) is 18.4 Å². The molecule has 2 aromatic rings. The molecule has 2 N–H and O–H groups in total. The van der Waals surface area contributed by atoms with Gasteiger partial charge >= 0.3 is 6.18 Å². The van der Waals surface area contributed by atoms with Crippen LogP contribution in [0.25, 0.3) is 11.1 Å². The minimum atomic E-state index is -4.40. The molecular weight excluding hydrogens is 384 g/mol. The number of halogens is 4. The highest BCUT2D eigenvalue weighted by atomic mass is 19.4. The molecule has 29 heavy (non-hydrogen) atoms. The molecule has 2 aromatic carbocycles. The Kier molecular flexibility index (Phi) is 6.57. The Bertz CT molecular complexity index is 841. The molecule has 156 valence electrons. The third kappa shape index (κ3) is 5.35. The van der Waals surface area contributed by atoms with Crippen LogP contribution in [0, 0.1) is 11.7 Å². The topological polar surface area (TPSA) is 41.1 Å². The average Bonchev–Trinajstić information content (AvgIpc) is 2.72. The van der Waals surface area contributed by atoms with Crippen LogP contribution < -0.4 is 10.6 Å². The summed E-state index contributed by atoms with van der Waals surface area (Å²) in [5.74, 6) is -0.612. The Morgan fingerprint density at radius 2 is 1.62 bits per heavy atom. The molecule has 1 aliphatic carbocycles. The average molecular weight is 408 g/mol. The zero-order chi connectivity index (χ0) is 21.0. The predicted octanol–water partition coefficient (Wildman–Crippen LogP) is 4.91. The largest absolute Gasteiger partial charge is 0.416 e. The van der Waals surface area contributed by atoms with Crippen molar-refractivity contribution in [2.45, 2.75) is 44.4 Å². The lowest BCUT2D eigenvalue weighted by Gasteiger charge is -2.27. The van der Waals surface area contributed by atoms with Crippen molar-refractivity contribution in [2.75, 3.05) is 7.05 Å². The van der Waals surface area contributed by atoms with Crippen molar-refractivity contribution >= 4 is 5.91 Å². The number of rotatable bonds is 5. The van der Waals surface area contributed by atoms with Gasteiger partial charge in [0.15, 0.2) is 0 Å². The number of nitrogens with one attached hydrogen (secondary N) is 2. The van der Waals surface area contributed by atoms with E-state index in [0.29, 0.717) is 22.7 Å². The van der Waals surface area contributed by atoms with Gasteiger partial charge in [-0.2, -0.15) is 13.2 Å². The van der Waals surface area contributed by atoms with Gasteiger partial charge in [0.05, 0.1) is 5.56 Å². The van der Waals surface area contributed by atoms with Crippen molar-refractivity contribution in [2.24, 2.45) is 5.92 Å². The van der Waals surface area contributed by atoms with Crippen LogP contribution in [-0.2, 0) is 17.5 Å². The van der Waals surface area contributed by atoms with E-state index in [1.165, 1.54) is 24.3 Å². The second-order valence-electron chi connectivity index (χ2n) is 7.44. The monoisotopic (exact) mass is 408 g/mol. The van der Waals surface area contributed by atoms with Crippen LogP contribution in [0.5, 0.6) is 0 Å². The molecule has 0 aliphatic heterocycles. The predicted molar refractivity (Wildman–Crippen MR) is 103 cm³/mol. The highest BCUT2D eigenvalue weighted by Crippen LogP contribution is 2.31. The van der Waals surface area contributed by atoms with E-state index in [4.69, 9.17) is 0 Å². The molecule has 0 bridgehead atoms. The van der Waals surface area contributed by atoms with Gasteiger partial charge < -0.3 is 10.6 Å². The molecule has 0 aromatic heterocycles. The number of benzene rings is 2. The number of hydrogen-bond acceptors (Lipinski definition) is 2. The lowest BCUT2D eigenvalue weighted by atomic mass is 9.85. The maximum absolute atomic E-state index is 14.2. The summed E-state index contributed by atoms with van der Waals surface area (Å²) in [6, 6.07) is 9.52. The van der Waals surface area contributed by atoms with Gasteiger partial charge in [-0.3, -0.25) is 4.79 Å². The Balaban J connectivity index is 1.66. The highest BCUT2D eigenvalue weighted by molar-refractivity contribution is 5.78. The molecule has 3 nitrogen and oxygen atoms in total. The van der Waals surface area contributed by atoms with Gasteiger partial charge in [0.2, 0.25) is 5.91 Å². The first-order chi connectivity index (χ1) is 13.8. The number of hydrogen-bond donors (Lipinski definition) is 2. The molecule has 0 atom stereocenters. The molecule has 7 heteroatoms. The summed E-state index contributed by atoms with van der Waals surface area (Å²) in [4.78, 5) is 12.4. The maximum atomic E-state index is 14.2. The van der Waals surface area contributed by atoms with Gasteiger partial charge in [0, 0.05) is 24.1 Å². The summed E-state index contributed by atoms with van der Waals surface area (Å²) in [5, 5.41) is 6.02. The van der Waals surface area contributed by atoms with Crippen molar-refractivity contribution in [3.8, 4) is 11.1 Å². The number of amides is 1. The smallest absolute Gasteiger partial charge is 0.352 e. The van der Waals surface area contributed by atoms with Crippen LogP contribution in [-0.4, -0.2) is 19.0 Å². The Labute approximate surface area is 167 Å².